The first kappa shape index (κ1) is 18.6. The molecule has 0 spiro atoms. The van der Waals surface area contributed by atoms with Gasteiger partial charge in [-0.2, -0.15) is 5.26 Å². The number of nitrogens with one attached hydrogen (secondary N) is 2. The van der Waals surface area contributed by atoms with Crippen molar-refractivity contribution in [1.82, 2.24) is 10.6 Å². The summed E-state index contributed by atoms with van der Waals surface area (Å²) in [7, 11) is 0. The van der Waals surface area contributed by atoms with E-state index in [9.17, 15) is 4.79 Å². The Morgan fingerprint density at radius 1 is 1.24 bits per heavy atom. The number of nitriles is 1. The number of rotatable bonds is 7. The summed E-state index contributed by atoms with van der Waals surface area (Å²) in [5.74, 6) is -0.425. The summed E-state index contributed by atoms with van der Waals surface area (Å²) in [6.45, 7) is 2.97. The molecule has 0 saturated carbocycles. The fourth-order valence-corrected chi connectivity index (χ4v) is 2.52. The first-order chi connectivity index (χ1) is 12.1. The molecule has 5 heteroatoms. The average molecular weight is 354 g/mol. The van der Waals surface area contributed by atoms with Gasteiger partial charge in [-0.1, -0.05) is 59.6 Å². The molecule has 0 radical (unpaired) electrons. The number of hydrogen-bond donors (Lipinski definition) is 2. The fourth-order valence-electron chi connectivity index (χ4n) is 2.32. The van der Waals surface area contributed by atoms with Crippen LogP contribution in [0.15, 0.2) is 60.3 Å². The van der Waals surface area contributed by atoms with Gasteiger partial charge in [0.1, 0.15) is 11.6 Å². The lowest BCUT2D eigenvalue weighted by atomic mass is 10.1. The van der Waals surface area contributed by atoms with Crippen LogP contribution < -0.4 is 10.6 Å². The number of aryl methyl sites for hydroxylation is 1. The van der Waals surface area contributed by atoms with Gasteiger partial charge in [-0.15, -0.1) is 0 Å². The van der Waals surface area contributed by atoms with E-state index in [0.717, 1.165) is 12.0 Å². The molecule has 0 atom stereocenters. The van der Waals surface area contributed by atoms with Crippen LogP contribution in [0, 0.1) is 18.3 Å². The standard InChI is InChI=1S/C20H20ClN3O/c1-15-5-4-6-16(11-15)9-10-23-13-18(12-22)20(25)24-14-17-7-2-3-8-19(17)21/h2-8,11,13,23H,9-10,14H2,1H3,(H,24,25)/b18-13-. The van der Waals surface area contributed by atoms with Crippen molar-refractivity contribution in [3.05, 3.63) is 82.0 Å². The summed E-state index contributed by atoms with van der Waals surface area (Å²) in [5, 5.41) is 15.5. The lowest BCUT2D eigenvalue weighted by Crippen LogP contribution is -2.25. The molecule has 1 amide bonds. The van der Waals surface area contributed by atoms with Gasteiger partial charge in [0.05, 0.1) is 0 Å². The second-order valence-electron chi connectivity index (χ2n) is 5.64. The third kappa shape index (κ3) is 5.98. The van der Waals surface area contributed by atoms with Crippen LogP contribution in [0.2, 0.25) is 5.02 Å². The molecule has 0 bridgehead atoms. The number of benzene rings is 2. The summed E-state index contributed by atoms with van der Waals surface area (Å²) in [5.41, 5.74) is 3.27. The van der Waals surface area contributed by atoms with E-state index in [-0.39, 0.29) is 12.1 Å². The first-order valence-electron chi connectivity index (χ1n) is 8.01. The van der Waals surface area contributed by atoms with E-state index >= 15 is 0 Å². The predicted octanol–water partition coefficient (Wildman–Crippen LogP) is 3.50. The van der Waals surface area contributed by atoms with E-state index in [4.69, 9.17) is 16.9 Å². The molecule has 0 heterocycles. The van der Waals surface area contributed by atoms with Crippen molar-refractivity contribution in [3.8, 4) is 6.07 Å². The quantitative estimate of drug-likeness (QED) is 0.455. The third-order valence-electron chi connectivity index (χ3n) is 3.65. The van der Waals surface area contributed by atoms with Gasteiger partial charge in [-0.25, -0.2) is 0 Å². The number of halogens is 1. The first-order valence-corrected chi connectivity index (χ1v) is 8.38. The minimum Gasteiger partial charge on any atom is -0.389 e. The van der Waals surface area contributed by atoms with Crippen molar-refractivity contribution in [2.75, 3.05) is 6.54 Å². The Labute approximate surface area is 153 Å². The van der Waals surface area contributed by atoms with Gasteiger partial charge in [-0.05, 0) is 30.5 Å². The molecular weight excluding hydrogens is 334 g/mol. The fraction of sp³-hybridized carbons (Fsp3) is 0.200. The van der Waals surface area contributed by atoms with Crippen LogP contribution in [0.5, 0.6) is 0 Å². The SMILES string of the molecule is Cc1cccc(CCN/C=C(/C#N)C(=O)NCc2ccccc2Cl)c1. The number of carbonyl (C=O) groups is 1. The van der Waals surface area contributed by atoms with Gasteiger partial charge in [0.25, 0.3) is 5.91 Å². The lowest BCUT2D eigenvalue weighted by molar-refractivity contribution is -0.117. The van der Waals surface area contributed by atoms with Gasteiger partial charge in [0.15, 0.2) is 0 Å². The van der Waals surface area contributed by atoms with Crippen LogP contribution >= 0.6 is 11.6 Å². The molecule has 2 aromatic rings. The summed E-state index contributed by atoms with van der Waals surface area (Å²) < 4.78 is 0. The summed E-state index contributed by atoms with van der Waals surface area (Å²) >= 11 is 6.05. The molecule has 0 aromatic heterocycles. The van der Waals surface area contributed by atoms with Crippen molar-refractivity contribution < 1.29 is 4.79 Å². The molecule has 0 aliphatic rings. The molecule has 4 nitrogen and oxygen atoms in total. The van der Waals surface area contributed by atoms with Crippen molar-refractivity contribution in [3.63, 3.8) is 0 Å². The van der Waals surface area contributed by atoms with E-state index < -0.39 is 5.91 Å². The van der Waals surface area contributed by atoms with Crippen molar-refractivity contribution in [2.45, 2.75) is 19.9 Å². The predicted molar refractivity (Wildman–Crippen MR) is 99.9 cm³/mol. The zero-order chi connectivity index (χ0) is 18.1. The Morgan fingerprint density at radius 3 is 2.76 bits per heavy atom. The zero-order valence-electron chi connectivity index (χ0n) is 14.1. The monoisotopic (exact) mass is 353 g/mol. The maximum atomic E-state index is 12.1. The molecule has 2 rings (SSSR count). The van der Waals surface area contributed by atoms with Crippen molar-refractivity contribution >= 4 is 17.5 Å². The second kappa shape index (κ2) is 9.51. The van der Waals surface area contributed by atoms with Crippen LogP contribution in [0.1, 0.15) is 16.7 Å². The molecule has 2 aromatic carbocycles. The van der Waals surface area contributed by atoms with E-state index in [0.29, 0.717) is 11.6 Å². The molecule has 0 fully saturated rings. The molecule has 0 saturated heterocycles. The van der Waals surface area contributed by atoms with Gasteiger partial charge in [-0.3, -0.25) is 4.79 Å². The largest absolute Gasteiger partial charge is 0.389 e. The molecule has 25 heavy (non-hydrogen) atoms. The minimum atomic E-state index is -0.425. The summed E-state index contributed by atoms with van der Waals surface area (Å²) in [4.78, 5) is 12.1. The van der Waals surface area contributed by atoms with E-state index in [1.807, 2.05) is 43.3 Å². The molecule has 0 aliphatic heterocycles. The Balaban J connectivity index is 1.83. The summed E-state index contributed by atoms with van der Waals surface area (Å²) in [6, 6.07) is 17.4. The van der Waals surface area contributed by atoms with Crippen LogP contribution in [0.4, 0.5) is 0 Å². The lowest BCUT2D eigenvalue weighted by Gasteiger charge is -2.07. The molecule has 128 valence electrons. The van der Waals surface area contributed by atoms with Crippen molar-refractivity contribution in [1.29, 1.82) is 5.26 Å². The Hall–Kier alpha value is -2.77. The highest BCUT2D eigenvalue weighted by molar-refractivity contribution is 6.31. The summed E-state index contributed by atoms with van der Waals surface area (Å²) in [6.07, 6.45) is 2.27. The molecular formula is C20H20ClN3O. The van der Waals surface area contributed by atoms with Crippen LogP contribution in [0.25, 0.3) is 0 Å². The van der Waals surface area contributed by atoms with Gasteiger partial charge in [0, 0.05) is 24.3 Å². The van der Waals surface area contributed by atoms with Crippen LogP contribution in [0.3, 0.4) is 0 Å². The topological polar surface area (TPSA) is 64.9 Å². The Morgan fingerprint density at radius 2 is 2.04 bits per heavy atom. The second-order valence-corrected chi connectivity index (χ2v) is 6.04. The number of nitrogens with zero attached hydrogens (tertiary/aromatic N) is 1. The van der Waals surface area contributed by atoms with Crippen molar-refractivity contribution in [2.24, 2.45) is 0 Å². The Bertz CT molecular complexity index is 809. The maximum absolute atomic E-state index is 12.1. The van der Waals surface area contributed by atoms with Crippen LogP contribution in [-0.2, 0) is 17.8 Å². The molecule has 0 aliphatic carbocycles. The normalized spacial score (nSPS) is 10.8. The maximum Gasteiger partial charge on any atom is 0.263 e. The number of carbonyl (C=O) groups excluding carboxylic acids is 1. The zero-order valence-corrected chi connectivity index (χ0v) is 14.8. The highest BCUT2D eigenvalue weighted by atomic mass is 35.5. The van der Waals surface area contributed by atoms with Crippen LogP contribution in [-0.4, -0.2) is 12.5 Å². The smallest absolute Gasteiger partial charge is 0.263 e. The van der Waals surface area contributed by atoms with Gasteiger partial charge in [0.2, 0.25) is 0 Å². The Kier molecular flexibility index (Phi) is 7.06. The highest BCUT2D eigenvalue weighted by Gasteiger charge is 2.09. The van der Waals surface area contributed by atoms with E-state index in [1.165, 1.54) is 17.3 Å². The van der Waals surface area contributed by atoms with E-state index in [1.54, 1.807) is 6.07 Å². The number of hydrogen-bond acceptors (Lipinski definition) is 3. The van der Waals surface area contributed by atoms with Gasteiger partial charge < -0.3 is 10.6 Å². The molecule has 2 N–H and O–H groups in total. The number of amides is 1. The average Bonchev–Trinajstić information content (AvgIpc) is 2.61. The third-order valence-corrected chi connectivity index (χ3v) is 4.02. The van der Waals surface area contributed by atoms with E-state index in [2.05, 4.69) is 22.8 Å². The highest BCUT2D eigenvalue weighted by Crippen LogP contribution is 2.14. The minimum absolute atomic E-state index is 0.0382. The molecule has 0 unspecified atom stereocenters. The van der Waals surface area contributed by atoms with Gasteiger partial charge >= 0.3 is 0 Å².